The average Bonchev–Trinajstić information content (AvgIpc) is 3.13. The van der Waals surface area contributed by atoms with Gasteiger partial charge in [-0.2, -0.15) is 0 Å². The molecule has 3 N–H and O–H groups in total. The smallest absolute Gasteiger partial charge is 0.408 e. The normalized spacial score (nSPS) is 22.0. The molecule has 1 aliphatic rings. The number of anilines is 1. The Bertz CT molecular complexity index is 1080. The number of likely N-dealkylation sites (tertiary alicyclic amines) is 1. The Hall–Kier alpha value is -2.02. The summed E-state index contributed by atoms with van der Waals surface area (Å²) in [5.41, 5.74) is 7.73. The van der Waals surface area contributed by atoms with Crippen molar-refractivity contribution >= 4 is 31.7 Å². The van der Waals surface area contributed by atoms with Crippen molar-refractivity contribution in [3.8, 4) is 0 Å². The molecule has 3 rings (SSSR count). The summed E-state index contributed by atoms with van der Waals surface area (Å²) in [5.74, 6) is 0. The Morgan fingerprint density at radius 2 is 1.78 bits per heavy atom. The van der Waals surface area contributed by atoms with E-state index in [4.69, 9.17) is 21.8 Å². The lowest BCUT2D eigenvalue weighted by Crippen LogP contribution is -2.60. The number of nitrogens with zero attached hydrogens (tertiary/aromatic N) is 1. The van der Waals surface area contributed by atoms with Gasteiger partial charge in [-0.15, -0.1) is 0 Å². The fraction of sp³-hybridized carbons (Fsp3) is 0.552. The van der Waals surface area contributed by atoms with Gasteiger partial charge in [0.1, 0.15) is 0 Å². The van der Waals surface area contributed by atoms with E-state index < -0.39 is 26.1 Å². The first-order valence-electron chi connectivity index (χ1n) is 12.8. The standard InChI is InChI=1S/C29H43ClN2O3Si/c1-27(2,3)29(19-20-12-14-23(31)15-13-20)17-16-24(32(29)26(33)34)25(21-10-9-11-22(30)18-21)35-36(7,8)28(4,5)6/h9-15,18,24-25H,16-17,19,31H2,1-8H3,(H,33,34)/t24-,25-,29?/m1/s1. The Kier molecular flexibility index (Phi) is 7.95. The molecule has 2 aromatic rings. The minimum Gasteiger partial charge on any atom is -0.465 e. The van der Waals surface area contributed by atoms with Crippen LogP contribution in [0.15, 0.2) is 48.5 Å². The number of carboxylic acid groups (broad SMARTS) is 1. The highest BCUT2D eigenvalue weighted by Crippen LogP contribution is 2.52. The van der Waals surface area contributed by atoms with E-state index >= 15 is 0 Å². The van der Waals surface area contributed by atoms with Crippen LogP contribution in [-0.4, -0.2) is 36.0 Å². The van der Waals surface area contributed by atoms with Gasteiger partial charge in [0.2, 0.25) is 0 Å². The SMILES string of the molecule is CC(C)(C)C1(Cc2ccc(N)cc2)CC[C@H]([C@H](O[Si](C)(C)C(C)(C)C)c2cccc(Cl)c2)N1C(=O)O. The Morgan fingerprint density at radius 3 is 2.28 bits per heavy atom. The molecule has 0 aliphatic carbocycles. The second-order valence-electron chi connectivity index (χ2n) is 12.8. The molecule has 7 heteroatoms. The molecule has 0 spiro atoms. The second-order valence-corrected chi connectivity index (χ2v) is 18.0. The summed E-state index contributed by atoms with van der Waals surface area (Å²) in [5, 5.41) is 11.3. The maximum atomic E-state index is 13.1. The Morgan fingerprint density at radius 1 is 1.17 bits per heavy atom. The first-order valence-corrected chi connectivity index (χ1v) is 16.1. The fourth-order valence-corrected chi connectivity index (χ4v) is 6.74. The van der Waals surface area contributed by atoms with Crippen molar-refractivity contribution in [2.45, 2.75) is 96.6 Å². The highest BCUT2D eigenvalue weighted by molar-refractivity contribution is 6.74. The molecule has 0 saturated carbocycles. The van der Waals surface area contributed by atoms with E-state index in [9.17, 15) is 9.90 Å². The second kappa shape index (κ2) is 10.0. The van der Waals surface area contributed by atoms with E-state index in [2.05, 4.69) is 54.6 Å². The quantitative estimate of drug-likeness (QED) is 0.292. The van der Waals surface area contributed by atoms with Gasteiger partial charge in [-0.05, 0) is 78.2 Å². The monoisotopic (exact) mass is 530 g/mol. The number of nitrogens with two attached hydrogens (primary N) is 1. The van der Waals surface area contributed by atoms with Gasteiger partial charge in [0.05, 0.1) is 17.7 Å². The van der Waals surface area contributed by atoms with Crippen molar-refractivity contribution in [1.82, 2.24) is 4.90 Å². The predicted octanol–water partition coefficient (Wildman–Crippen LogP) is 8.16. The zero-order chi connectivity index (χ0) is 27.1. The van der Waals surface area contributed by atoms with Crippen molar-refractivity contribution in [1.29, 1.82) is 0 Å². The summed E-state index contributed by atoms with van der Waals surface area (Å²) < 4.78 is 7.04. The average molecular weight is 531 g/mol. The number of halogens is 1. The Labute approximate surface area is 223 Å². The van der Waals surface area contributed by atoms with E-state index in [1.807, 2.05) is 48.5 Å². The summed E-state index contributed by atoms with van der Waals surface area (Å²) in [7, 11) is -2.25. The van der Waals surface area contributed by atoms with Crippen LogP contribution in [0.1, 0.15) is 71.6 Å². The first kappa shape index (κ1) is 28.5. The van der Waals surface area contributed by atoms with Gasteiger partial charge >= 0.3 is 6.09 Å². The van der Waals surface area contributed by atoms with Crippen molar-refractivity contribution < 1.29 is 14.3 Å². The zero-order valence-corrected chi connectivity index (χ0v) is 24.8. The molecular formula is C29H43ClN2O3Si. The molecule has 0 bridgehead atoms. The van der Waals surface area contributed by atoms with Crippen molar-refractivity contribution in [3.63, 3.8) is 0 Å². The lowest BCUT2D eigenvalue weighted by molar-refractivity contribution is -0.0148. The number of rotatable bonds is 6. The molecule has 1 unspecified atom stereocenters. The van der Waals surface area contributed by atoms with E-state index in [1.165, 1.54) is 0 Å². The number of carbonyl (C=O) groups is 1. The molecule has 36 heavy (non-hydrogen) atoms. The van der Waals surface area contributed by atoms with E-state index in [0.29, 0.717) is 23.6 Å². The number of benzene rings is 2. The van der Waals surface area contributed by atoms with Crippen molar-refractivity contribution in [2.24, 2.45) is 5.41 Å². The van der Waals surface area contributed by atoms with Crippen molar-refractivity contribution in [3.05, 3.63) is 64.7 Å². The largest absolute Gasteiger partial charge is 0.465 e. The fourth-order valence-electron chi connectivity index (χ4n) is 5.26. The van der Waals surface area contributed by atoms with Crippen LogP contribution >= 0.6 is 11.6 Å². The highest BCUT2D eigenvalue weighted by Gasteiger charge is 2.58. The lowest BCUT2D eigenvalue weighted by Gasteiger charge is -2.50. The molecule has 2 aromatic carbocycles. The minimum atomic E-state index is -2.25. The van der Waals surface area contributed by atoms with Crippen LogP contribution in [0.3, 0.4) is 0 Å². The summed E-state index contributed by atoms with van der Waals surface area (Å²) in [4.78, 5) is 14.8. The van der Waals surface area contributed by atoms with Gasteiger partial charge in [-0.1, -0.05) is 77.4 Å². The maximum Gasteiger partial charge on any atom is 0.408 e. The van der Waals surface area contributed by atoms with E-state index in [-0.39, 0.29) is 16.5 Å². The Balaban J connectivity index is 2.14. The molecule has 5 nitrogen and oxygen atoms in total. The van der Waals surface area contributed by atoms with Crippen LogP contribution in [0.2, 0.25) is 23.2 Å². The van der Waals surface area contributed by atoms with Gasteiger partial charge in [-0.25, -0.2) is 4.79 Å². The van der Waals surface area contributed by atoms with E-state index in [1.54, 1.807) is 4.90 Å². The van der Waals surface area contributed by atoms with Crippen molar-refractivity contribution in [2.75, 3.05) is 5.73 Å². The number of nitrogen functional groups attached to an aromatic ring is 1. The first-order chi connectivity index (χ1) is 16.5. The molecule has 198 valence electrons. The molecule has 0 radical (unpaired) electrons. The molecule has 3 atom stereocenters. The van der Waals surface area contributed by atoms with Crippen LogP contribution in [0, 0.1) is 5.41 Å². The van der Waals surface area contributed by atoms with Gasteiger partial charge in [0, 0.05) is 10.7 Å². The topological polar surface area (TPSA) is 75.8 Å². The van der Waals surface area contributed by atoms with Crippen LogP contribution in [0.5, 0.6) is 0 Å². The molecule has 1 heterocycles. The maximum absolute atomic E-state index is 13.1. The molecular weight excluding hydrogens is 488 g/mol. The van der Waals surface area contributed by atoms with Gasteiger partial charge in [-0.3, -0.25) is 4.90 Å². The molecule has 1 aliphatic heterocycles. The van der Waals surface area contributed by atoms with Gasteiger partial charge in [0.15, 0.2) is 8.32 Å². The predicted molar refractivity (Wildman–Crippen MR) is 152 cm³/mol. The lowest BCUT2D eigenvalue weighted by atomic mass is 9.68. The molecule has 1 fully saturated rings. The third kappa shape index (κ3) is 5.61. The van der Waals surface area contributed by atoms with Crippen LogP contribution < -0.4 is 5.73 Å². The summed E-state index contributed by atoms with van der Waals surface area (Å²) in [6.45, 7) is 17.5. The third-order valence-electron chi connectivity index (χ3n) is 8.48. The molecule has 0 aromatic heterocycles. The zero-order valence-electron chi connectivity index (χ0n) is 23.1. The van der Waals surface area contributed by atoms with Gasteiger partial charge < -0.3 is 15.3 Å². The van der Waals surface area contributed by atoms with Crippen LogP contribution in [0.4, 0.5) is 10.5 Å². The summed E-state index contributed by atoms with van der Waals surface area (Å²) in [6.07, 6.45) is 0.757. The number of hydrogen-bond acceptors (Lipinski definition) is 3. The number of amides is 1. The summed E-state index contributed by atoms with van der Waals surface area (Å²) >= 11 is 6.42. The minimum absolute atomic E-state index is 0.0262. The van der Waals surface area contributed by atoms with Gasteiger partial charge in [0.25, 0.3) is 0 Å². The highest BCUT2D eigenvalue weighted by atomic mass is 35.5. The molecule has 1 amide bonds. The summed E-state index contributed by atoms with van der Waals surface area (Å²) in [6, 6.07) is 15.2. The van der Waals surface area contributed by atoms with Crippen LogP contribution in [-0.2, 0) is 10.8 Å². The third-order valence-corrected chi connectivity index (χ3v) is 13.2. The van der Waals surface area contributed by atoms with Crippen LogP contribution in [0.25, 0.3) is 0 Å². The van der Waals surface area contributed by atoms with E-state index in [0.717, 1.165) is 17.5 Å². The molecule has 1 saturated heterocycles. The number of hydrogen-bond donors (Lipinski definition) is 2.